The number of aromatic amines is 1. The number of carbonyl (C=O) groups is 1. The van der Waals surface area contributed by atoms with Crippen molar-refractivity contribution in [2.24, 2.45) is 0 Å². The highest BCUT2D eigenvalue weighted by Gasteiger charge is 2.19. The third-order valence-corrected chi connectivity index (χ3v) is 7.58. The molecule has 0 atom stereocenters. The maximum Gasteiger partial charge on any atom is 0.224 e. The molecular weight excluding hydrogens is 514 g/mol. The summed E-state index contributed by atoms with van der Waals surface area (Å²) in [6.45, 7) is 4.32. The number of pyridine rings is 1. The van der Waals surface area contributed by atoms with Crippen LogP contribution in [0, 0.1) is 0 Å². The predicted octanol–water partition coefficient (Wildman–Crippen LogP) is 3.74. The van der Waals surface area contributed by atoms with Gasteiger partial charge in [0.25, 0.3) is 0 Å². The highest BCUT2D eigenvalue weighted by atomic mass is 35.5. The molecule has 0 saturated carbocycles. The summed E-state index contributed by atoms with van der Waals surface area (Å²) in [6.07, 6.45) is 6.93. The first-order valence-electron chi connectivity index (χ1n) is 13.2. The van der Waals surface area contributed by atoms with E-state index in [0.717, 1.165) is 79.2 Å². The number of hydrogen-bond donors (Lipinski definition) is 2. The lowest BCUT2D eigenvalue weighted by molar-refractivity contribution is -0.120. The van der Waals surface area contributed by atoms with E-state index in [4.69, 9.17) is 16.3 Å². The molecular formula is C30H30ClN5O3. The zero-order chi connectivity index (χ0) is 26.8. The van der Waals surface area contributed by atoms with Gasteiger partial charge in [0.2, 0.25) is 5.91 Å². The number of aromatic nitrogens is 3. The van der Waals surface area contributed by atoms with Gasteiger partial charge in [0.1, 0.15) is 5.82 Å². The number of ether oxygens (including phenoxy) is 1. The van der Waals surface area contributed by atoms with Crippen LogP contribution in [0.3, 0.4) is 0 Å². The number of rotatable bonds is 9. The van der Waals surface area contributed by atoms with E-state index in [1.165, 1.54) is 0 Å². The first kappa shape index (κ1) is 25.6. The number of carbonyl (C=O) groups excluding carboxylic acids is 1. The Kier molecular flexibility index (Phi) is 7.32. The number of halogens is 1. The lowest BCUT2D eigenvalue weighted by Crippen LogP contribution is -2.35. The molecule has 2 aromatic carbocycles. The minimum absolute atomic E-state index is 0.0108. The smallest absolute Gasteiger partial charge is 0.224 e. The molecule has 1 fully saturated rings. The Labute approximate surface area is 230 Å². The van der Waals surface area contributed by atoms with Gasteiger partial charge in [-0.1, -0.05) is 23.7 Å². The van der Waals surface area contributed by atoms with Crippen molar-refractivity contribution >= 4 is 33.8 Å². The Balaban J connectivity index is 1.32. The van der Waals surface area contributed by atoms with E-state index >= 15 is 0 Å². The molecule has 1 aliphatic heterocycles. The Morgan fingerprint density at radius 1 is 1.08 bits per heavy atom. The zero-order valence-electron chi connectivity index (χ0n) is 21.6. The van der Waals surface area contributed by atoms with Crippen LogP contribution in [0.5, 0.6) is 0 Å². The van der Waals surface area contributed by atoms with Gasteiger partial charge < -0.3 is 19.4 Å². The second-order valence-electron chi connectivity index (χ2n) is 10.1. The highest BCUT2D eigenvalue weighted by molar-refractivity contribution is 6.30. The molecule has 8 nitrogen and oxygen atoms in total. The highest BCUT2D eigenvalue weighted by Crippen LogP contribution is 2.27. The molecule has 39 heavy (non-hydrogen) atoms. The van der Waals surface area contributed by atoms with Gasteiger partial charge in [-0.05, 0) is 47.9 Å². The molecule has 0 bridgehead atoms. The molecule has 1 saturated heterocycles. The van der Waals surface area contributed by atoms with Crippen molar-refractivity contribution in [2.45, 2.75) is 32.4 Å². The fraction of sp³-hybridized carbons (Fsp3) is 0.300. The van der Waals surface area contributed by atoms with Gasteiger partial charge in [0, 0.05) is 78.2 Å². The van der Waals surface area contributed by atoms with Crippen LogP contribution in [0.1, 0.15) is 28.2 Å². The van der Waals surface area contributed by atoms with E-state index in [2.05, 4.69) is 36.7 Å². The fourth-order valence-electron chi connectivity index (χ4n) is 5.35. The van der Waals surface area contributed by atoms with E-state index in [9.17, 15) is 9.59 Å². The molecule has 1 amide bonds. The van der Waals surface area contributed by atoms with Crippen LogP contribution in [0.25, 0.3) is 16.3 Å². The van der Waals surface area contributed by atoms with Crippen LogP contribution in [0.2, 0.25) is 5.02 Å². The van der Waals surface area contributed by atoms with Gasteiger partial charge in [0.05, 0.1) is 25.2 Å². The maximum absolute atomic E-state index is 13.7. The van der Waals surface area contributed by atoms with Gasteiger partial charge in [0.15, 0.2) is 5.43 Å². The lowest BCUT2D eigenvalue weighted by atomic mass is 10.0. The third-order valence-electron chi connectivity index (χ3n) is 7.33. The summed E-state index contributed by atoms with van der Waals surface area (Å²) in [5.74, 6) is 0.719. The largest absolute Gasteiger partial charge is 0.379 e. The summed E-state index contributed by atoms with van der Waals surface area (Å²) in [7, 11) is 0. The number of imidazole rings is 1. The van der Waals surface area contributed by atoms with Crippen molar-refractivity contribution in [2.75, 3.05) is 26.3 Å². The van der Waals surface area contributed by atoms with Crippen molar-refractivity contribution in [1.82, 2.24) is 24.6 Å². The van der Waals surface area contributed by atoms with Crippen molar-refractivity contribution in [3.05, 3.63) is 105 Å². The van der Waals surface area contributed by atoms with Crippen LogP contribution >= 0.6 is 11.6 Å². The zero-order valence-corrected chi connectivity index (χ0v) is 22.3. The van der Waals surface area contributed by atoms with Gasteiger partial charge in [-0.25, -0.2) is 4.98 Å². The second kappa shape index (κ2) is 11.2. The van der Waals surface area contributed by atoms with Crippen LogP contribution in [-0.4, -0.2) is 51.5 Å². The minimum atomic E-state index is -0.196. The van der Waals surface area contributed by atoms with Crippen LogP contribution in [0.15, 0.2) is 65.8 Å². The quantitative estimate of drug-likeness (QED) is 0.295. The Hall–Kier alpha value is -3.72. The molecule has 0 aliphatic carbocycles. The average Bonchev–Trinajstić information content (AvgIpc) is 3.58. The minimum Gasteiger partial charge on any atom is -0.379 e. The number of nitrogens with zero attached hydrogens (tertiary/aromatic N) is 3. The number of morpholine rings is 1. The van der Waals surface area contributed by atoms with Gasteiger partial charge in [-0.15, -0.1) is 0 Å². The topological polar surface area (TPSA) is 91.7 Å². The summed E-state index contributed by atoms with van der Waals surface area (Å²) in [5, 5.41) is 5.28. The summed E-state index contributed by atoms with van der Waals surface area (Å²) >= 11 is 5.97. The molecule has 9 heteroatoms. The molecule has 0 radical (unpaired) electrons. The van der Waals surface area contributed by atoms with Crippen LogP contribution in [0.4, 0.5) is 0 Å². The summed E-state index contributed by atoms with van der Waals surface area (Å²) in [4.78, 5) is 36.5. The standard InChI is InChI=1S/C30H30ClN5O3/c31-24-3-1-20(2-4-24)17-34-28(37)16-23-19-36-25(5-6-27-32-7-8-33-27)15-22-13-21(14-26(29(22)36)30(23)38)18-35-9-11-39-12-10-35/h1-4,7-8,13-15,19H,5-6,9-12,16-18H2,(H,32,33)(H,34,37). The van der Waals surface area contributed by atoms with Crippen molar-refractivity contribution in [3.8, 4) is 0 Å². The SMILES string of the molecule is O=C(Cc1cn2c(CCc3ncc[nH]3)cc3cc(CN4CCOCC4)cc(c1=O)c32)NCc1ccc(Cl)cc1. The summed E-state index contributed by atoms with van der Waals surface area (Å²) < 4.78 is 7.59. The first-order valence-corrected chi connectivity index (χ1v) is 13.6. The van der Waals surface area contributed by atoms with Crippen molar-refractivity contribution in [1.29, 1.82) is 0 Å². The third kappa shape index (κ3) is 5.68. The Morgan fingerprint density at radius 3 is 2.67 bits per heavy atom. The number of benzene rings is 2. The Bertz CT molecular complexity index is 1640. The normalized spacial score (nSPS) is 14.4. The number of amides is 1. The number of aryl methyl sites for hydroxylation is 2. The molecule has 200 valence electrons. The maximum atomic E-state index is 13.7. The molecule has 1 aliphatic rings. The van der Waals surface area contributed by atoms with E-state index in [1.807, 2.05) is 30.6 Å². The first-order chi connectivity index (χ1) is 19.0. The van der Waals surface area contributed by atoms with E-state index < -0.39 is 0 Å². The predicted molar refractivity (Wildman–Crippen MR) is 151 cm³/mol. The van der Waals surface area contributed by atoms with Crippen molar-refractivity contribution in [3.63, 3.8) is 0 Å². The van der Waals surface area contributed by atoms with E-state index in [-0.39, 0.29) is 17.8 Å². The van der Waals surface area contributed by atoms with Gasteiger partial charge in [-0.2, -0.15) is 0 Å². The van der Waals surface area contributed by atoms with Crippen LogP contribution in [-0.2, 0) is 41.9 Å². The number of H-pyrrole nitrogens is 1. The summed E-state index contributed by atoms with van der Waals surface area (Å²) in [6, 6.07) is 13.7. The average molecular weight is 544 g/mol. The number of hydrogen-bond acceptors (Lipinski definition) is 5. The van der Waals surface area contributed by atoms with Gasteiger partial charge >= 0.3 is 0 Å². The summed E-state index contributed by atoms with van der Waals surface area (Å²) in [5.41, 5.74) is 4.42. The number of nitrogens with one attached hydrogen (secondary N) is 2. The monoisotopic (exact) mass is 543 g/mol. The molecule has 0 spiro atoms. The van der Waals surface area contributed by atoms with E-state index in [1.54, 1.807) is 18.3 Å². The molecule has 3 aromatic heterocycles. The van der Waals surface area contributed by atoms with Gasteiger partial charge in [-0.3, -0.25) is 14.5 Å². The molecule has 6 rings (SSSR count). The van der Waals surface area contributed by atoms with Crippen LogP contribution < -0.4 is 10.7 Å². The van der Waals surface area contributed by atoms with E-state index in [0.29, 0.717) is 22.5 Å². The Morgan fingerprint density at radius 2 is 1.90 bits per heavy atom. The molecule has 5 aromatic rings. The lowest BCUT2D eigenvalue weighted by Gasteiger charge is -2.26. The molecule has 0 unspecified atom stereocenters. The van der Waals surface area contributed by atoms with Crippen molar-refractivity contribution < 1.29 is 9.53 Å². The molecule has 2 N–H and O–H groups in total. The second-order valence-corrected chi connectivity index (χ2v) is 10.5. The fourth-order valence-corrected chi connectivity index (χ4v) is 5.47. The molecule has 4 heterocycles.